The lowest BCUT2D eigenvalue weighted by molar-refractivity contribution is 0.0752. The minimum Gasteiger partial charge on any atom is -0.349 e. The Labute approximate surface area is 141 Å². The summed E-state index contributed by atoms with van der Waals surface area (Å²) in [6.45, 7) is 0. The van der Waals surface area contributed by atoms with E-state index < -0.39 is 11.7 Å². The van der Waals surface area contributed by atoms with E-state index in [1.54, 1.807) is 0 Å². The highest BCUT2D eigenvalue weighted by Gasteiger charge is 2.40. The van der Waals surface area contributed by atoms with Crippen LogP contribution in [0.25, 0.3) is 0 Å². The fourth-order valence-electron chi connectivity index (χ4n) is 3.96. The molecule has 3 N–H and O–H groups in total. The molecular weight excluding hydrogens is 326 g/mol. The maximum atomic E-state index is 13.8. The van der Waals surface area contributed by atoms with Gasteiger partial charge >= 0.3 is 0 Å². The summed E-state index contributed by atoms with van der Waals surface area (Å²) in [4.78, 5) is 12.4. The summed E-state index contributed by atoms with van der Waals surface area (Å²) in [7, 11) is 0. The maximum absolute atomic E-state index is 13.8. The molecule has 1 aromatic carbocycles. The molecule has 2 fully saturated rings. The summed E-state index contributed by atoms with van der Waals surface area (Å²) >= 11 is 5.97. The van der Waals surface area contributed by atoms with Gasteiger partial charge in [0.1, 0.15) is 5.82 Å². The highest BCUT2D eigenvalue weighted by atomic mass is 35.5. The molecule has 22 heavy (non-hydrogen) atoms. The van der Waals surface area contributed by atoms with Crippen molar-refractivity contribution in [2.45, 2.75) is 44.2 Å². The average molecular weight is 347 g/mol. The first-order chi connectivity index (χ1) is 10.1. The van der Waals surface area contributed by atoms with Gasteiger partial charge in [0.05, 0.1) is 10.6 Å². The number of nitrogens with two attached hydrogens (primary N) is 1. The molecule has 0 aliphatic heterocycles. The lowest BCUT2D eigenvalue weighted by Gasteiger charge is -2.45. The predicted molar refractivity (Wildman–Crippen MR) is 88.0 cm³/mol. The molecule has 2 unspecified atom stereocenters. The predicted octanol–water partition coefficient (Wildman–Crippen LogP) is 3.54. The average Bonchev–Trinajstić information content (AvgIpc) is 2.39. The van der Waals surface area contributed by atoms with E-state index in [1.807, 2.05) is 0 Å². The third kappa shape index (κ3) is 3.39. The molecule has 6 heteroatoms. The fraction of sp³-hybridized carbons (Fsp3) is 0.562. The standard InChI is InChI=1S/C16H20ClFN2O.ClH/c17-12-5-2-6-13(18)14(12)16(21)20-15-9-3-1-4-10(15)8-11(19)7-9;/h2,5-6,9-11,15H,1,3-4,7-8,19H2,(H,20,21);1H. The third-order valence-electron chi connectivity index (χ3n) is 4.86. The number of hydrogen-bond acceptors (Lipinski definition) is 2. The number of halogens is 3. The lowest BCUT2D eigenvalue weighted by atomic mass is 9.67. The first kappa shape index (κ1) is 17.5. The van der Waals surface area contributed by atoms with Crippen LogP contribution in [0.3, 0.4) is 0 Å². The van der Waals surface area contributed by atoms with Gasteiger partial charge in [0, 0.05) is 12.1 Å². The summed E-state index contributed by atoms with van der Waals surface area (Å²) in [5.41, 5.74) is 6.03. The second-order valence-corrected chi connectivity index (χ2v) is 6.69. The van der Waals surface area contributed by atoms with Crippen molar-refractivity contribution in [2.75, 3.05) is 0 Å². The van der Waals surface area contributed by atoms with Crippen LogP contribution in [0.15, 0.2) is 18.2 Å². The molecule has 2 aliphatic rings. The van der Waals surface area contributed by atoms with Gasteiger partial charge in [-0.15, -0.1) is 12.4 Å². The second kappa shape index (κ2) is 7.16. The maximum Gasteiger partial charge on any atom is 0.256 e. The summed E-state index contributed by atoms with van der Waals surface area (Å²) in [6, 6.07) is 4.63. The Morgan fingerprint density at radius 3 is 2.50 bits per heavy atom. The van der Waals surface area contributed by atoms with Crippen molar-refractivity contribution in [2.24, 2.45) is 17.6 Å². The van der Waals surface area contributed by atoms with Gasteiger partial charge in [0.15, 0.2) is 0 Å². The topological polar surface area (TPSA) is 55.1 Å². The van der Waals surface area contributed by atoms with E-state index >= 15 is 0 Å². The molecule has 0 aromatic heterocycles. The molecule has 1 amide bonds. The van der Waals surface area contributed by atoms with Gasteiger partial charge in [-0.25, -0.2) is 4.39 Å². The van der Waals surface area contributed by atoms with Crippen LogP contribution in [-0.2, 0) is 0 Å². The number of hydrogen-bond donors (Lipinski definition) is 2. The number of nitrogens with one attached hydrogen (secondary N) is 1. The lowest BCUT2D eigenvalue weighted by Crippen LogP contribution is -2.53. The molecule has 122 valence electrons. The third-order valence-corrected chi connectivity index (χ3v) is 5.18. The van der Waals surface area contributed by atoms with Crippen LogP contribution in [0.1, 0.15) is 42.5 Å². The van der Waals surface area contributed by atoms with Crippen molar-refractivity contribution in [3.8, 4) is 0 Å². The highest BCUT2D eigenvalue weighted by Crippen LogP contribution is 2.39. The number of rotatable bonds is 2. The number of carbonyl (C=O) groups is 1. The quantitative estimate of drug-likeness (QED) is 0.860. The molecule has 3 nitrogen and oxygen atoms in total. The Balaban J connectivity index is 0.00000176. The van der Waals surface area contributed by atoms with E-state index in [1.165, 1.54) is 24.6 Å². The monoisotopic (exact) mass is 346 g/mol. The van der Waals surface area contributed by atoms with Gasteiger partial charge in [-0.3, -0.25) is 4.79 Å². The van der Waals surface area contributed by atoms with Crippen molar-refractivity contribution < 1.29 is 9.18 Å². The second-order valence-electron chi connectivity index (χ2n) is 6.28. The summed E-state index contributed by atoms with van der Waals surface area (Å²) < 4.78 is 13.8. The summed E-state index contributed by atoms with van der Waals surface area (Å²) in [6.07, 6.45) is 5.23. The molecule has 3 rings (SSSR count). The first-order valence-corrected chi connectivity index (χ1v) is 7.94. The summed E-state index contributed by atoms with van der Waals surface area (Å²) in [5, 5.41) is 3.18. The van der Waals surface area contributed by atoms with E-state index in [9.17, 15) is 9.18 Å². The molecule has 2 bridgehead atoms. The van der Waals surface area contributed by atoms with Crippen LogP contribution in [0, 0.1) is 17.7 Å². The Morgan fingerprint density at radius 1 is 1.27 bits per heavy atom. The van der Waals surface area contributed by atoms with E-state index in [2.05, 4.69) is 5.32 Å². The van der Waals surface area contributed by atoms with Gasteiger partial charge in [0.25, 0.3) is 5.91 Å². The molecule has 2 saturated carbocycles. The van der Waals surface area contributed by atoms with Crippen LogP contribution < -0.4 is 11.1 Å². The number of benzene rings is 1. The van der Waals surface area contributed by atoms with Gasteiger partial charge < -0.3 is 11.1 Å². The fourth-order valence-corrected chi connectivity index (χ4v) is 4.21. The van der Waals surface area contributed by atoms with Crippen LogP contribution >= 0.6 is 24.0 Å². The van der Waals surface area contributed by atoms with E-state index in [-0.39, 0.29) is 35.1 Å². The van der Waals surface area contributed by atoms with Crippen LogP contribution in [0.2, 0.25) is 5.02 Å². The van der Waals surface area contributed by atoms with Crippen molar-refractivity contribution in [3.63, 3.8) is 0 Å². The molecule has 2 aliphatic carbocycles. The van der Waals surface area contributed by atoms with Crippen molar-refractivity contribution in [3.05, 3.63) is 34.6 Å². The Bertz CT molecular complexity index is 521. The van der Waals surface area contributed by atoms with Crippen molar-refractivity contribution in [1.29, 1.82) is 0 Å². The smallest absolute Gasteiger partial charge is 0.256 e. The largest absolute Gasteiger partial charge is 0.349 e. The molecule has 0 heterocycles. The minimum absolute atomic E-state index is 0. The van der Waals surface area contributed by atoms with E-state index in [4.69, 9.17) is 17.3 Å². The normalized spacial score (nSPS) is 30.3. The van der Waals surface area contributed by atoms with Gasteiger partial charge in [-0.1, -0.05) is 24.1 Å². The molecule has 0 saturated heterocycles. The Morgan fingerprint density at radius 2 is 1.91 bits per heavy atom. The summed E-state index contributed by atoms with van der Waals surface area (Å²) in [5.74, 6) is -0.169. The van der Waals surface area contributed by atoms with Gasteiger partial charge in [-0.05, 0) is 49.7 Å². The molecule has 2 atom stereocenters. The molecule has 0 radical (unpaired) electrons. The minimum atomic E-state index is -0.572. The SMILES string of the molecule is Cl.NC1CC2CCCC(C1)C2NC(=O)c1c(F)cccc1Cl. The van der Waals surface area contributed by atoms with Gasteiger partial charge in [0.2, 0.25) is 0 Å². The number of fused-ring (bicyclic) bond motifs is 2. The first-order valence-electron chi connectivity index (χ1n) is 7.56. The van der Waals surface area contributed by atoms with Crippen molar-refractivity contribution in [1.82, 2.24) is 5.32 Å². The van der Waals surface area contributed by atoms with Crippen LogP contribution in [-0.4, -0.2) is 18.0 Å². The van der Waals surface area contributed by atoms with Gasteiger partial charge in [-0.2, -0.15) is 0 Å². The highest BCUT2D eigenvalue weighted by molar-refractivity contribution is 6.33. The number of amides is 1. The van der Waals surface area contributed by atoms with Crippen molar-refractivity contribution >= 4 is 29.9 Å². The Hall–Kier alpha value is -0.840. The molecule has 0 spiro atoms. The van der Waals surface area contributed by atoms with Crippen LogP contribution in [0.5, 0.6) is 0 Å². The van der Waals surface area contributed by atoms with Crippen LogP contribution in [0.4, 0.5) is 4.39 Å². The van der Waals surface area contributed by atoms with E-state index in [0.717, 1.165) is 25.7 Å². The van der Waals surface area contributed by atoms with E-state index in [0.29, 0.717) is 11.8 Å². The molecular formula is C16H21Cl2FN2O. The zero-order valence-corrected chi connectivity index (χ0v) is 13.8. The Kier molecular flexibility index (Phi) is 5.70. The number of carbonyl (C=O) groups excluding carboxylic acids is 1. The molecule has 1 aromatic rings. The zero-order chi connectivity index (χ0) is 15.0. The zero-order valence-electron chi connectivity index (χ0n) is 12.2.